The molecule has 0 radical (unpaired) electrons. The summed E-state index contributed by atoms with van der Waals surface area (Å²) in [6.45, 7) is 0. The Labute approximate surface area is 104 Å². The van der Waals surface area contributed by atoms with Crippen LogP contribution < -0.4 is 0 Å². The van der Waals surface area contributed by atoms with Gasteiger partial charge >= 0.3 is 0 Å². The first-order valence-corrected chi connectivity index (χ1v) is 6.45. The minimum absolute atomic E-state index is 0.0452. The highest BCUT2D eigenvalue weighted by Gasteiger charge is 2.08. The van der Waals surface area contributed by atoms with E-state index in [2.05, 4.69) is 9.97 Å². The summed E-state index contributed by atoms with van der Waals surface area (Å²) in [5, 5.41) is 0. The Balaban J connectivity index is 2.09. The van der Waals surface area contributed by atoms with Crippen molar-refractivity contribution in [3.63, 3.8) is 0 Å². The second kappa shape index (κ2) is 5.59. The van der Waals surface area contributed by atoms with Crippen molar-refractivity contribution < 1.29 is 4.79 Å². The van der Waals surface area contributed by atoms with Crippen LogP contribution in [-0.2, 0) is 6.42 Å². The molecule has 0 saturated carbocycles. The molecule has 0 amide bonds. The zero-order chi connectivity index (χ0) is 12.1. The number of thioether (sulfide) groups is 1. The molecule has 0 aliphatic rings. The van der Waals surface area contributed by atoms with E-state index >= 15 is 0 Å². The SMILES string of the molecule is CSc1ccc(C(=O)Cc2ncccn2)cc1. The third kappa shape index (κ3) is 3.14. The van der Waals surface area contributed by atoms with Gasteiger partial charge in [0.1, 0.15) is 5.82 Å². The number of nitrogens with zero attached hydrogens (tertiary/aromatic N) is 2. The summed E-state index contributed by atoms with van der Waals surface area (Å²) in [5.41, 5.74) is 0.704. The molecule has 0 N–H and O–H groups in total. The van der Waals surface area contributed by atoms with Crippen LogP contribution in [-0.4, -0.2) is 22.0 Å². The summed E-state index contributed by atoms with van der Waals surface area (Å²) in [6.07, 6.45) is 5.55. The fraction of sp³-hybridized carbons (Fsp3) is 0.154. The van der Waals surface area contributed by atoms with Gasteiger partial charge in [0.25, 0.3) is 0 Å². The molecule has 0 aliphatic heterocycles. The van der Waals surface area contributed by atoms with Gasteiger partial charge in [0, 0.05) is 22.9 Å². The first-order chi connectivity index (χ1) is 8.29. The third-order valence-corrected chi connectivity index (χ3v) is 3.09. The molecule has 3 nitrogen and oxygen atoms in total. The van der Waals surface area contributed by atoms with Gasteiger partial charge in [0.05, 0.1) is 6.42 Å². The summed E-state index contributed by atoms with van der Waals surface area (Å²) in [4.78, 5) is 21.2. The van der Waals surface area contributed by atoms with Gasteiger partial charge in [-0.15, -0.1) is 11.8 Å². The molecule has 0 bridgehead atoms. The van der Waals surface area contributed by atoms with Crippen LogP contribution in [0.1, 0.15) is 16.2 Å². The maximum Gasteiger partial charge on any atom is 0.170 e. The molecule has 1 aromatic heterocycles. The highest BCUT2D eigenvalue weighted by atomic mass is 32.2. The Hall–Kier alpha value is -1.68. The Morgan fingerprint density at radius 3 is 2.41 bits per heavy atom. The van der Waals surface area contributed by atoms with Gasteiger partial charge in [0.2, 0.25) is 0 Å². The quantitative estimate of drug-likeness (QED) is 0.612. The fourth-order valence-corrected chi connectivity index (χ4v) is 1.85. The van der Waals surface area contributed by atoms with Gasteiger partial charge in [-0.2, -0.15) is 0 Å². The molecular formula is C13H12N2OS. The number of carbonyl (C=O) groups is 1. The second-order valence-electron chi connectivity index (χ2n) is 3.49. The molecule has 2 rings (SSSR count). The average Bonchev–Trinajstić information content (AvgIpc) is 2.40. The predicted molar refractivity (Wildman–Crippen MR) is 68.3 cm³/mol. The largest absolute Gasteiger partial charge is 0.294 e. The lowest BCUT2D eigenvalue weighted by atomic mass is 10.1. The number of ketones is 1. The number of hydrogen-bond acceptors (Lipinski definition) is 4. The van der Waals surface area contributed by atoms with Gasteiger partial charge in [-0.25, -0.2) is 9.97 Å². The Bertz CT molecular complexity index is 497. The Kier molecular flexibility index (Phi) is 3.88. The maximum atomic E-state index is 11.9. The van der Waals surface area contributed by atoms with Crippen LogP contribution in [0.2, 0.25) is 0 Å². The van der Waals surface area contributed by atoms with Crippen molar-refractivity contribution >= 4 is 17.5 Å². The van der Waals surface area contributed by atoms with Crippen LogP contribution in [0.15, 0.2) is 47.6 Å². The lowest BCUT2D eigenvalue weighted by Gasteiger charge is -2.01. The van der Waals surface area contributed by atoms with Crippen LogP contribution in [0.25, 0.3) is 0 Å². The molecule has 0 saturated heterocycles. The smallest absolute Gasteiger partial charge is 0.170 e. The van der Waals surface area contributed by atoms with Crippen molar-refractivity contribution in [2.75, 3.05) is 6.26 Å². The van der Waals surface area contributed by atoms with Crippen LogP contribution in [0.3, 0.4) is 0 Å². The molecule has 2 aromatic rings. The van der Waals surface area contributed by atoms with E-state index in [9.17, 15) is 4.79 Å². The zero-order valence-corrected chi connectivity index (χ0v) is 10.3. The van der Waals surface area contributed by atoms with Gasteiger partial charge in [-0.1, -0.05) is 12.1 Å². The third-order valence-electron chi connectivity index (χ3n) is 2.35. The Morgan fingerprint density at radius 2 is 1.82 bits per heavy atom. The summed E-state index contributed by atoms with van der Waals surface area (Å²) in [7, 11) is 0. The average molecular weight is 244 g/mol. The van der Waals surface area contributed by atoms with E-state index in [-0.39, 0.29) is 12.2 Å². The summed E-state index contributed by atoms with van der Waals surface area (Å²) < 4.78 is 0. The Morgan fingerprint density at radius 1 is 1.18 bits per heavy atom. The van der Waals surface area contributed by atoms with Crippen molar-refractivity contribution in [2.45, 2.75) is 11.3 Å². The monoisotopic (exact) mass is 244 g/mol. The molecule has 86 valence electrons. The highest BCUT2D eigenvalue weighted by molar-refractivity contribution is 7.98. The zero-order valence-electron chi connectivity index (χ0n) is 9.46. The topological polar surface area (TPSA) is 42.9 Å². The summed E-state index contributed by atoms with van der Waals surface area (Å²) in [5.74, 6) is 0.607. The van der Waals surface area contributed by atoms with E-state index in [1.807, 2.05) is 30.5 Å². The number of benzene rings is 1. The molecule has 17 heavy (non-hydrogen) atoms. The lowest BCUT2D eigenvalue weighted by molar-refractivity contribution is 0.0990. The van der Waals surface area contributed by atoms with E-state index in [4.69, 9.17) is 0 Å². The van der Waals surface area contributed by atoms with E-state index in [0.717, 1.165) is 4.90 Å². The number of Topliss-reactive ketones (excluding diaryl/α,β-unsaturated/α-hetero) is 1. The lowest BCUT2D eigenvalue weighted by Crippen LogP contribution is -2.06. The van der Waals surface area contributed by atoms with Crippen LogP contribution in [0.5, 0.6) is 0 Å². The van der Waals surface area contributed by atoms with Crippen molar-refractivity contribution in [3.8, 4) is 0 Å². The molecule has 1 heterocycles. The molecule has 1 aromatic carbocycles. The van der Waals surface area contributed by atoms with Crippen molar-refractivity contribution in [1.29, 1.82) is 0 Å². The number of rotatable bonds is 4. The molecule has 0 atom stereocenters. The standard InChI is InChI=1S/C13H12N2OS/c1-17-11-5-3-10(4-6-11)12(16)9-13-14-7-2-8-15-13/h2-8H,9H2,1H3. The van der Waals surface area contributed by atoms with Crippen LogP contribution in [0.4, 0.5) is 0 Å². The molecule has 4 heteroatoms. The molecule has 0 aliphatic carbocycles. The van der Waals surface area contributed by atoms with Crippen molar-refractivity contribution in [1.82, 2.24) is 9.97 Å². The van der Waals surface area contributed by atoms with Crippen molar-refractivity contribution in [3.05, 3.63) is 54.1 Å². The van der Waals surface area contributed by atoms with Gasteiger partial charge in [-0.3, -0.25) is 4.79 Å². The number of aromatic nitrogens is 2. The first kappa shape index (κ1) is 11.8. The maximum absolute atomic E-state index is 11.9. The fourth-order valence-electron chi connectivity index (χ4n) is 1.44. The van der Waals surface area contributed by atoms with E-state index in [1.165, 1.54) is 0 Å². The molecule has 0 spiro atoms. The molecule has 0 unspecified atom stereocenters. The van der Waals surface area contributed by atoms with E-state index < -0.39 is 0 Å². The van der Waals surface area contributed by atoms with Gasteiger partial charge in [-0.05, 0) is 24.5 Å². The minimum Gasteiger partial charge on any atom is -0.294 e. The number of carbonyl (C=O) groups excluding carboxylic acids is 1. The molecule has 0 fully saturated rings. The number of hydrogen-bond donors (Lipinski definition) is 0. The van der Waals surface area contributed by atoms with Gasteiger partial charge in [0.15, 0.2) is 5.78 Å². The minimum atomic E-state index is 0.0452. The molecular weight excluding hydrogens is 232 g/mol. The highest BCUT2D eigenvalue weighted by Crippen LogP contribution is 2.15. The van der Waals surface area contributed by atoms with E-state index in [1.54, 1.807) is 30.2 Å². The predicted octanol–water partition coefficient (Wildman–Crippen LogP) is 2.62. The second-order valence-corrected chi connectivity index (χ2v) is 4.37. The van der Waals surface area contributed by atoms with Crippen molar-refractivity contribution in [2.24, 2.45) is 0 Å². The normalized spacial score (nSPS) is 10.2. The van der Waals surface area contributed by atoms with Crippen LogP contribution >= 0.6 is 11.8 Å². The van der Waals surface area contributed by atoms with Crippen LogP contribution in [0, 0.1) is 0 Å². The summed E-state index contributed by atoms with van der Waals surface area (Å²) in [6, 6.07) is 9.32. The van der Waals surface area contributed by atoms with E-state index in [0.29, 0.717) is 11.4 Å². The first-order valence-electron chi connectivity index (χ1n) is 5.23. The van der Waals surface area contributed by atoms with Gasteiger partial charge < -0.3 is 0 Å². The summed E-state index contributed by atoms with van der Waals surface area (Å²) >= 11 is 1.66.